The van der Waals surface area contributed by atoms with E-state index in [0.717, 1.165) is 17.2 Å². The molecule has 0 N–H and O–H groups in total. The van der Waals surface area contributed by atoms with Crippen LogP contribution in [0.2, 0.25) is 0 Å². The summed E-state index contributed by atoms with van der Waals surface area (Å²) < 4.78 is 0. The van der Waals surface area contributed by atoms with Gasteiger partial charge in [-0.25, -0.2) is 0 Å². The molecule has 1 atom stereocenters. The molecular formula is C10H12NS2. The van der Waals surface area contributed by atoms with E-state index in [1.165, 1.54) is 0 Å². The Labute approximate surface area is 89.0 Å². The number of pyridine rings is 1. The third-order valence-corrected chi connectivity index (χ3v) is 2.94. The van der Waals surface area contributed by atoms with Crippen LogP contribution in [0, 0.1) is 0 Å². The van der Waals surface area contributed by atoms with Crippen LogP contribution in [0.1, 0.15) is 18.5 Å². The van der Waals surface area contributed by atoms with Gasteiger partial charge in [0.25, 0.3) is 0 Å². The summed E-state index contributed by atoms with van der Waals surface area (Å²) in [5, 5.41) is 2.85. The second kappa shape index (κ2) is 6.11. The topological polar surface area (TPSA) is 12.9 Å². The summed E-state index contributed by atoms with van der Waals surface area (Å²) in [5.74, 6) is 2.29. The Morgan fingerprint density at radius 1 is 1.62 bits per heavy atom. The van der Waals surface area contributed by atoms with Gasteiger partial charge in [-0.3, -0.25) is 4.98 Å². The quantitative estimate of drug-likeness (QED) is 0.694. The maximum atomic E-state index is 4.87. The number of hydrogen-bond donors (Lipinski definition) is 0. The molecular weight excluding hydrogens is 198 g/mol. The van der Waals surface area contributed by atoms with Gasteiger partial charge < -0.3 is 0 Å². The summed E-state index contributed by atoms with van der Waals surface area (Å²) in [6.45, 7) is 2.14. The minimum atomic E-state index is 0.196. The fourth-order valence-electron chi connectivity index (χ4n) is 0.998. The third-order valence-electron chi connectivity index (χ3n) is 1.68. The van der Waals surface area contributed by atoms with E-state index in [2.05, 4.69) is 17.3 Å². The second-order valence-electron chi connectivity index (χ2n) is 2.58. The zero-order chi connectivity index (χ0) is 9.52. The van der Waals surface area contributed by atoms with Gasteiger partial charge in [0.2, 0.25) is 0 Å². The molecule has 0 spiro atoms. The highest BCUT2D eigenvalue weighted by molar-refractivity contribution is 7.99. The van der Waals surface area contributed by atoms with E-state index in [9.17, 15) is 0 Å². The Bertz CT molecular complexity index is 248. The van der Waals surface area contributed by atoms with Crippen LogP contribution in [0.25, 0.3) is 0 Å². The standard InChI is InChI=1S/C10H12NS2/c1-2-13-8-9(7-12)10-5-3-4-6-11-10/h3-6,9H,2,8H2,1H3. The molecule has 0 aliphatic rings. The van der Waals surface area contributed by atoms with Crippen molar-refractivity contribution in [3.63, 3.8) is 0 Å². The van der Waals surface area contributed by atoms with E-state index in [1.54, 1.807) is 6.20 Å². The summed E-state index contributed by atoms with van der Waals surface area (Å²) in [4.78, 5) is 4.26. The maximum absolute atomic E-state index is 4.87. The first kappa shape index (κ1) is 10.7. The lowest BCUT2D eigenvalue weighted by Crippen LogP contribution is -2.04. The SMILES string of the molecule is CCSCC([C]=S)c1ccccn1. The van der Waals surface area contributed by atoms with Crippen molar-refractivity contribution >= 4 is 29.3 Å². The van der Waals surface area contributed by atoms with Crippen LogP contribution in [-0.4, -0.2) is 21.9 Å². The fourth-order valence-corrected chi connectivity index (χ4v) is 2.03. The molecule has 1 radical (unpaired) electrons. The van der Waals surface area contributed by atoms with Gasteiger partial charge in [0, 0.05) is 28.9 Å². The van der Waals surface area contributed by atoms with Crippen molar-refractivity contribution in [2.24, 2.45) is 0 Å². The van der Waals surface area contributed by atoms with Gasteiger partial charge in [0.1, 0.15) is 0 Å². The van der Waals surface area contributed by atoms with Crippen molar-refractivity contribution in [2.45, 2.75) is 12.8 Å². The number of thiocarbonyl (C=S) groups is 1. The molecule has 0 aliphatic heterocycles. The minimum absolute atomic E-state index is 0.196. The maximum Gasteiger partial charge on any atom is 0.0495 e. The van der Waals surface area contributed by atoms with Gasteiger partial charge in [-0.05, 0) is 17.9 Å². The lowest BCUT2D eigenvalue weighted by atomic mass is 10.1. The molecule has 0 saturated carbocycles. The first-order valence-corrected chi connectivity index (χ1v) is 5.81. The highest BCUT2D eigenvalue weighted by Gasteiger charge is 2.08. The minimum Gasteiger partial charge on any atom is -0.261 e. The van der Waals surface area contributed by atoms with Gasteiger partial charge in [-0.2, -0.15) is 11.8 Å². The van der Waals surface area contributed by atoms with Crippen molar-refractivity contribution in [1.82, 2.24) is 4.98 Å². The predicted molar refractivity (Wildman–Crippen MR) is 62.6 cm³/mol. The van der Waals surface area contributed by atoms with E-state index in [0.29, 0.717) is 0 Å². The fraction of sp³-hybridized carbons (Fsp3) is 0.400. The van der Waals surface area contributed by atoms with Crippen molar-refractivity contribution in [2.75, 3.05) is 11.5 Å². The Kier molecular flexibility index (Phi) is 5.01. The summed E-state index contributed by atoms with van der Waals surface area (Å²) in [6, 6.07) is 5.90. The smallest absolute Gasteiger partial charge is 0.0495 e. The molecule has 0 saturated heterocycles. The number of aromatic nitrogens is 1. The van der Waals surface area contributed by atoms with Crippen molar-refractivity contribution < 1.29 is 0 Å². The Hall–Kier alpha value is -0.410. The predicted octanol–water partition coefficient (Wildman–Crippen LogP) is 2.80. The molecule has 1 unspecified atom stereocenters. The molecule has 0 fully saturated rings. The van der Waals surface area contributed by atoms with Crippen LogP contribution in [0.15, 0.2) is 24.4 Å². The Morgan fingerprint density at radius 2 is 2.46 bits per heavy atom. The average Bonchev–Trinajstić information content (AvgIpc) is 2.21. The monoisotopic (exact) mass is 210 g/mol. The molecule has 1 aromatic heterocycles. The van der Waals surface area contributed by atoms with Gasteiger partial charge in [-0.15, -0.1) is 0 Å². The van der Waals surface area contributed by atoms with Crippen molar-refractivity contribution in [1.29, 1.82) is 0 Å². The summed E-state index contributed by atoms with van der Waals surface area (Å²) >= 11 is 6.73. The molecule has 0 aliphatic carbocycles. The van der Waals surface area contributed by atoms with Gasteiger partial charge in [0.05, 0.1) is 0 Å². The first-order valence-electron chi connectivity index (χ1n) is 4.24. The zero-order valence-electron chi connectivity index (χ0n) is 7.56. The molecule has 0 bridgehead atoms. The Balaban J connectivity index is 2.61. The van der Waals surface area contributed by atoms with Crippen LogP contribution in [-0.2, 0) is 0 Å². The summed E-state index contributed by atoms with van der Waals surface area (Å²) in [7, 11) is 0. The highest BCUT2D eigenvalue weighted by Crippen LogP contribution is 2.16. The average molecular weight is 210 g/mol. The zero-order valence-corrected chi connectivity index (χ0v) is 9.20. The molecule has 1 nitrogen and oxygen atoms in total. The Morgan fingerprint density at radius 3 is 3.00 bits per heavy atom. The lowest BCUT2D eigenvalue weighted by Gasteiger charge is -2.08. The van der Waals surface area contributed by atoms with Crippen LogP contribution in [0.3, 0.4) is 0 Å². The summed E-state index contributed by atoms with van der Waals surface area (Å²) in [6.07, 6.45) is 1.80. The highest BCUT2D eigenvalue weighted by atomic mass is 32.2. The lowest BCUT2D eigenvalue weighted by molar-refractivity contribution is 0.989. The number of rotatable bonds is 5. The molecule has 13 heavy (non-hydrogen) atoms. The molecule has 1 rings (SSSR count). The summed E-state index contributed by atoms with van der Waals surface area (Å²) in [5.41, 5.74) is 1.03. The van der Waals surface area contributed by atoms with Gasteiger partial charge >= 0.3 is 0 Å². The molecule has 1 aromatic rings. The largest absolute Gasteiger partial charge is 0.261 e. The number of nitrogens with zero attached hydrogens (tertiary/aromatic N) is 1. The van der Waals surface area contributed by atoms with Crippen LogP contribution >= 0.6 is 24.0 Å². The third kappa shape index (κ3) is 3.44. The molecule has 3 heteroatoms. The molecule has 0 aromatic carbocycles. The number of thioether (sulfide) groups is 1. The van der Waals surface area contributed by atoms with Crippen molar-refractivity contribution in [3.8, 4) is 0 Å². The van der Waals surface area contributed by atoms with Crippen molar-refractivity contribution in [3.05, 3.63) is 30.1 Å². The van der Waals surface area contributed by atoms with Gasteiger partial charge in [0.15, 0.2) is 0 Å². The molecule has 1 heterocycles. The number of hydrogen-bond acceptors (Lipinski definition) is 3. The van der Waals surface area contributed by atoms with E-state index in [4.69, 9.17) is 12.2 Å². The van der Waals surface area contributed by atoms with Crippen LogP contribution in [0.5, 0.6) is 0 Å². The van der Waals surface area contributed by atoms with Crippen LogP contribution < -0.4 is 0 Å². The van der Waals surface area contributed by atoms with E-state index in [1.807, 2.05) is 30.0 Å². The normalized spacial score (nSPS) is 12.4. The van der Waals surface area contributed by atoms with E-state index in [-0.39, 0.29) is 5.92 Å². The first-order chi connectivity index (χ1) is 6.38. The second-order valence-corrected chi connectivity index (χ2v) is 4.14. The van der Waals surface area contributed by atoms with E-state index >= 15 is 0 Å². The van der Waals surface area contributed by atoms with Gasteiger partial charge in [-0.1, -0.05) is 25.2 Å². The molecule has 69 valence electrons. The molecule has 0 amide bonds. The van der Waals surface area contributed by atoms with Crippen LogP contribution in [0.4, 0.5) is 0 Å². The van der Waals surface area contributed by atoms with E-state index < -0.39 is 0 Å².